The van der Waals surface area contributed by atoms with Crippen LogP contribution in [-0.2, 0) is 16.4 Å². The molecule has 1 aromatic carbocycles. The molecule has 0 atom stereocenters. The number of aromatic amines is 1. The summed E-state index contributed by atoms with van der Waals surface area (Å²) >= 11 is 0. The Bertz CT molecular complexity index is 616. The van der Waals surface area contributed by atoms with Crippen molar-refractivity contribution in [3.8, 4) is 0 Å². The quantitative estimate of drug-likeness (QED) is 0.852. The standard InChI is InChI=1S/C10H13N3O2S/c1-3-10-11-8-5-4-7(6-9(8)12-10)13-16(2,14)15/h4-6,13H,3H2,1-2H3,(H,11,12). The predicted molar refractivity (Wildman–Crippen MR) is 63.9 cm³/mol. The topological polar surface area (TPSA) is 74.8 Å². The molecule has 0 spiro atoms. The first-order valence-corrected chi connectivity index (χ1v) is 6.83. The maximum atomic E-state index is 11.1. The maximum Gasteiger partial charge on any atom is 0.229 e. The van der Waals surface area contributed by atoms with Gasteiger partial charge in [0.25, 0.3) is 0 Å². The molecule has 0 bridgehead atoms. The summed E-state index contributed by atoms with van der Waals surface area (Å²) in [6.45, 7) is 2.01. The molecule has 0 aliphatic heterocycles. The lowest BCUT2D eigenvalue weighted by molar-refractivity contribution is 0.607. The minimum atomic E-state index is -3.23. The molecule has 0 unspecified atom stereocenters. The monoisotopic (exact) mass is 239 g/mol. The summed E-state index contributed by atoms with van der Waals surface area (Å²) in [5.41, 5.74) is 2.22. The number of fused-ring (bicyclic) bond motifs is 1. The largest absolute Gasteiger partial charge is 0.342 e. The molecule has 16 heavy (non-hydrogen) atoms. The number of sulfonamides is 1. The molecule has 0 aliphatic carbocycles. The van der Waals surface area contributed by atoms with Gasteiger partial charge in [0.2, 0.25) is 10.0 Å². The molecule has 1 heterocycles. The average molecular weight is 239 g/mol. The molecule has 0 amide bonds. The average Bonchev–Trinajstić information content (AvgIpc) is 2.57. The number of aromatic nitrogens is 2. The van der Waals surface area contributed by atoms with Crippen molar-refractivity contribution in [2.75, 3.05) is 11.0 Å². The Labute approximate surface area is 93.9 Å². The molecular formula is C10H13N3O2S. The highest BCUT2D eigenvalue weighted by molar-refractivity contribution is 7.92. The Balaban J connectivity index is 2.43. The number of hydrogen-bond donors (Lipinski definition) is 2. The first-order valence-electron chi connectivity index (χ1n) is 4.94. The van der Waals surface area contributed by atoms with E-state index in [4.69, 9.17) is 0 Å². The predicted octanol–water partition coefficient (Wildman–Crippen LogP) is 1.50. The lowest BCUT2D eigenvalue weighted by atomic mass is 10.3. The first-order chi connectivity index (χ1) is 7.48. The van der Waals surface area contributed by atoms with E-state index in [9.17, 15) is 8.42 Å². The molecule has 0 aliphatic rings. The van der Waals surface area contributed by atoms with Crippen molar-refractivity contribution in [2.45, 2.75) is 13.3 Å². The van der Waals surface area contributed by atoms with E-state index in [0.717, 1.165) is 29.5 Å². The van der Waals surface area contributed by atoms with Crippen LogP contribution in [0.25, 0.3) is 11.0 Å². The van der Waals surface area contributed by atoms with Gasteiger partial charge in [-0.2, -0.15) is 0 Å². The van der Waals surface area contributed by atoms with Crippen LogP contribution in [0, 0.1) is 0 Å². The molecule has 6 heteroatoms. The molecule has 1 aromatic heterocycles. The van der Waals surface area contributed by atoms with Crippen molar-refractivity contribution in [2.24, 2.45) is 0 Å². The van der Waals surface area contributed by atoms with Crippen molar-refractivity contribution in [3.05, 3.63) is 24.0 Å². The van der Waals surface area contributed by atoms with E-state index in [1.165, 1.54) is 0 Å². The van der Waals surface area contributed by atoms with Crippen molar-refractivity contribution < 1.29 is 8.42 Å². The van der Waals surface area contributed by atoms with Crippen LogP contribution in [0.4, 0.5) is 5.69 Å². The number of nitrogens with one attached hydrogen (secondary N) is 2. The molecule has 5 nitrogen and oxygen atoms in total. The second-order valence-electron chi connectivity index (χ2n) is 3.64. The minimum Gasteiger partial charge on any atom is -0.342 e. The van der Waals surface area contributed by atoms with Gasteiger partial charge < -0.3 is 4.98 Å². The van der Waals surface area contributed by atoms with Crippen molar-refractivity contribution in [3.63, 3.8) is 0 Å². The first kappa shape index (κ1) is 10.9. The smallest absolute Gasteiger partial charge is 0.229 e. The van der Waals surface area contributed by atoms with Crippen LogP contribution in [0.5, 0.6) is 0 Å². The number of imidazole rings is 1. The fourth-order valence-electron chi connectivity index (χ4n) is 1.51. The van der Waals surface area contributed by atoms with Gasteiger partial charge in [-0.1, -0.05) is 6.92 Å². The summed E-state index contributed by atoms with van der Waals surface area (Å²) in [5.74, 6) is 0.895. The number of aryl methyl sites for hydroxylation is 1. The zero-order chi connectivity index (χ0) is 11.8. The summed E-state index contributed by atoms with van der Waals surface area (Å²) in [4.78, 5) is 7.46. The van der Waals surface area contributed by atoms with Gasteiger partial charge >= 0.3 is 0 Å². The zero-order valence-electron chi connectivity index (χ0n) is 9.11. The Kier molecular flexibility index (Phi) is 2.59. The fourth-order valence-corrected chi connectivity index (χ4v) is 2.06. The molecule has 0 saturated carbocycles. The summed E-state index contributed by atoms with van der Waals surface area (Å²) in [5, 5.41) is 0. The van der Waals surface area contributed by atoms with Crippen LogP contribution in [0.3, 0.4) is 0 Å². The van der Waals surface area contributed by atoms with Gasteiger partial charge in [-0.3, -0.25) is 4.72 Å². The normalized spacial score (nSPS) is 11.9. The van der Waals surface area contributed by atoms with Gasteiger partial charge in [0.05, 0.1) is 23.0 Å². The Hall–Kier alpha value is -1.56. The Morgan fingerprint density at radius 1 is 1.44 bits per heavy atom. The lowest BCUT2D eigenvalue weighted by Gasteiger charge is -2.02. The molecule has 0 radical (unpaired) electrons. The zero-order valence-corrected chi connectivity index (χ0v) is 9.93. The molecule has 0 fully saturated rings. The Morgan fingerprint density at radius 3 is 2.81 bits per heavy atom. The molecule has 2 N–H and O–H groups in total. The summed E-state index contributed by atoms with van der Waals surface area (Å²) < 4.78 is 24.5. The van der Waals surface area contributed by atoms with Crippen LogP contribution < -0.4 is 4.72 Å². The highest BCUT2D eigenvalue weighted by Crippen LogP contribution is 2.18. The van der Waals surface area contributed by atoms with Gasteiger partial charge in [-0.15, -0.1) is 0 Å². The van der Waals surface area contributed by atoms with Crippen LogP contribution in [0.2, 0.25) is 0 Å². The highest BCUT2D eigenvalue weighted by Gasteiger charge is 2.05. The van der Waals surface area contributed by atoms with Crippen LogP contribution in [0.15, 0.2) is 18.2 Å². The molecular weight excluding hydrogens is 226 g/mol. The van der Waals surface area contributed by atoms with E-state index in [1.807, 2.05) is 6.92 Å². The van der Waals surface area contributed by atoms with E-state index in [0.29, 0.717) is 5.69 Å². The van der Waals surface area contributed by atoms with E-state index in [-0.39, 0.29) is 0 Å². The lowest BCUT2D eigenvalue weighted by Crippen LogP contribution is -2.09. The molecule has 0 saturated heterocycles. The van der Waals surface area contributed by atoms with E-state index in [1.54, 1.807) is 18.2 Å². The number of H-pyrrole nitrogens is 1. The Morgan fingerprint density at radius 2 is 2.19 bits per heavy atom. The van der Waals surface area contributed by atoms with E-state index in [2.05, 4.69) is 14.7 Å². The van der Waals surface area contributed by atoms with E-state index >= 15 is 0 Å². The van der Waals surface area contributed by atoms with Crippen molar-refractivity contribution in [1.82, 2.24) is 9.97 Å². The summed E-state index contributed by atoms with van der Waals surface area (Å²) in [6.07, 6.45) is 1.95. The number of nitrogens with zero attached hydrogens (tertiary/aromatic N) is 1. The molecule has 2 rings (SSSR count). The minimum absolute atomic E-state index is 0.543. The third-order valence-corrected chi connectivity index (χ3v) is 2.78. The van der Waals surface area contributed by atoms with Gasteiger partial charge in [0.15, 0.2) is 0 Å². The molecule has 86 valence electrons. The molecule has 2 aromatic rings. The summed E-state index contributed by atoms with van der Waals surface area (Å²) in [6, 6.07) is 5.23. The highest BCUT2D eigenvalue weighted by atomic mass is 32.2. The number of anilines is 1. The number of rotatable bonds is 3. The summed E-state index contributed by atoms with van der Waals surface area (Å²) in [7, 11) is -3.23. The second-order valence-corrected chi connectivity index (χ2v) is 5.39. The number of hydrogen-bond acceptors (Lipinski definition) is 3. The third kappa shape index (κ3) is 2.33. The van der Waals surface area contributed by atoms with Gasteiger partial charge in [-0.05, 0) is 18.2 Å². The van der Waals surface area contributed by atoms with E-state index < -0.39 is 10.0 Å². The van der Waals surface area contributed by atoms with Crippen molar-refractivity contribution >= 4 is 26.7 Å². The van der Waals surface area contributed by atoms with Gasteiger partial charge in [-0.25, -0.2) is 13.4 Å². The van der Waals surface area contributed by atoms with Crippen LogP contribution >= 0.6 is 0 Å². The van der Waals surface area contributed by atoms with Crippen LogP contribution in [-0.4, -0.2) is 24.6 Å². The van der Waals surface area contributed by atoms with Crippen LogP contribution in [0.1, 0.15) is 12.7 Å². The number of benzene rings is 1. The van der Waals surface area contributed by atoms with Crippen molar-refractivity contribution in [1.29, 1.82) is 0 Å². The maximum absolute atomic E-state index is 11.1. The second kappa shape index (κ2) is 3.79. The SMILES string of the molecule is CCc1nc2ccc(NS(C)(=O)=O)cc2[nH]1. The fraction of sp³-hybridized carbons (Fsp3) is 0.300. The van der Waals surface area contributed by atoms with Gasteiger partial charge in [0.1, 0.15) is 5.82 Å². The third-order valence-electron chi connectivity index (χ3n) is 2.17. The van der Waals surface area contributed by atoms with Gasteiger partial charge in [0, 0.05) is 6.42 Å².